The van der Waals surface area contributed by atoms with Gasteiger partial charge in [0.1, 0.15) is 5.69 Å². The molecular weight excluding hydrogens is 392 g/mol. The van der Waals surface area contributed by atoms with Gasteiger partial charge in [-0.3, -0.25) is 25.2 Å². The molecule has 0 bridgehead atoms. The number of aromatic nitrogens is 1. The van der Waals surface area contributed by atoms with Crippen molar-refractivity contribution in [1.29, 1.82) is 0 Å². The molecule has 1 saturated heterocycles. The van der Waals surface area contributed by atoms with Crippen molar-refractivity contribution in [2.45, 2.75) is 26.7 Å². The summed E-state index contributed by atoms with van der Waals surface area (Å²) >= 11 is 1.37. The summed E-state index contributed by atoms with van der Waals surface area (Å²) in [5.74, 6) is -1.02. The van der Waals surface area contributed by atoms with Crippen LogP contribution in [0.3, 0.4) is 0 Å². The van der Waals surface area contributed by atoms with Crippen LogP contribution in [0.5, 0.6) is 0 Å². The van der Waals surface area contributed by atoms with Gasteiger partial charge in [0.05, 0.1) is 13.2 Å². The van der Waals surface area contributed by atoms with Gasteiger partial charge in [-0.1, -0.05) is 17.7 Å². The molecule has 1 aliphatic rings. The highest BCUT2D eigenvalue weighted by Crippen LogP contribution is 2.21. The zero-order valence-electron chi connectivity index (χ0n) is 16.5. The third-order valence-electron chi connectivity index (χ3n) is 4.59. The van der Waals surface area contributed by atoms with E-state index in [1.54, 1.807) is 5.38 Å². The second kappa shape index (κ2) is 9.62. The number of ketones is 1. The number of rotatable bonds is 6. The van der Waals surface area contributed by atoms with E-state index >= 15 is 0 Å². The molecule has 1 aromatic heterocycles. The minimum absolute atomic E-state index is 0.0113. The van der Waals surface area contributed by atoms with Gasteiger partial charge in [-0.15, -0.1) is 11.3 Å². The van der Waals surface area contributed by atoms with Crippen molar-refractivity contribution in [2.75, 3.05) is 31.2 Å². The van der Waals surface area contributed by atoms with Crippen molar-refractivity contribution in [3.63, 3.8) is 0 Å². The highest BCUT2D eigenvalue weighted by Gasteiger charge is 2.18. The van der Waals surface area contributed by atoms with E-state index in [1.807, 2.05) is 32.0 Å². The van der Waals surface area contributed by atoms with E-state index in [-0.39, 0.29) is 24.3 Å². The summed E-state index contributed by atoms with van der Waals surface area (Å²) in [5.41, 5.74) is 7.44. The molecule has 29 heavy (non-hydrogen) atoms. The van der Waals surface area contributed by atoms with Crippen molar-refractivity contribution in [3.8, 4) is 0 Å². The smallest absolute Gasteiger partial charge is 0.289 e. The lowest BCUT2D eigenvalue weighted by atomic mass is 9.99. The van der Waals surface area contributed by atoms with Gasteiger partial charge < -0.3 is 9.64 Å². The molecule has 0 aliphatic carbocycles. The first kappa shape index (κ1) is 20.9. The molecule has 2 heterocycles. The Labute approximate surface area is 173 Å². The second-order valence-corrected chi connectivity index (χ2v) is 7.70. The molecule has 2 amide bonds. The predicted molar refractivity (Wildman–Crippen MR) is 110 cm³/mol. The van der Waals surface area contributed by atoms with Crippen LogP contribution in [0.25, 0.3) is 0 Å². The molecule has 2 aromatic rings. The summed E-state index contributed by atoms with van der Waals surface area (Å²) in [6, 6.07) is 5.66. The number of hydrazine groups is 1. The Bertz CT molecular complexity index is 906. The first-order valence-corrected chi connectivity index (χ1v) is 10.3. The second-order valence-electron chi connectivity index (χ2n) is 6.86. The van der Waals surface area contributed by atoms with E-state index in [2.05, 4.69) is 20.7 Å². The fourth-order valence-corrected chi connectivity index (χ4v) is 3.78. The fourth-order valence-electron chi connectivity index (χ4n) is 2.92. The number of thiazole rings is 1. The molecule has 1 aliphatic heterocycles. The molecule has 0 saturated carbocycles. The average molecular weight is 417 g/mol. The normalized spacial score (nSPS) is 13.8. The van der Waals surface area contributed by atoms with Gasteiger partial charge in [0.15, 0.2) is 10.9 Å². The first-order valence-electron chi connectivity index (χ1n) is 9.42. The lowest BCUT2D eigenvalue weighted by molar-refractivity contribution is -0.121. The molecule has 2 N–H and O–H groups in total. The Kier molecular flexibility index (Phi) is 6.95. The Morgan fingerprint density at radius 3 is 2.66 bits per heavy atom. The Morgan fingerprint density at radius 2 is 1.90 bits per heavy atom. The molecular formula is C20H24N4O4S. The maximum atomic E-state index is 12.3. The van der Waals surface area contributed by atoms with E-state index in [0.717, 1.165) is 29.3 Å². The van der Waals surface area contributed by atoms with Crippen molar-refractivity contribution in [2.24, 2.45) is 0 Å². The number of ether oxygens (including phenoxy) is 1. The van der Waals surface area contributed by atoms with Crippen LogP contribution in [-0.4, -0.2) is 48.9 Å². The molecule has 0 atom stereocenters. The number of hydrogen-bond acceptors (Lipinski definition) is 7. The van der Waals surface area contributed by atoms with Crippen LogP contribution in [0.15, 0.2) is 23.6 Å². The number of hydrogen-bond donors (Lipinski definition) is 2. The lowest BCUT2D eigenvalue weighted by Gasteiger charge is -2.25. The quantitative estimate of drug-likeness (QED) is 0.552. The van der Waals surface area contributed by atoms with Gasteiger partial charge in [-0.2, -0.15) is 0 Å². The van der Waals surface area contributed by atoms with Crippen molar-refractivity contribution < 1.29 is 19.1 Å². The zero-order chi connectivity index (χ0) is 20.8. The van der Waals surface area contributed by atoms with Gasteiger partial charge in [-0.05, 0) is 25.5 Å². The molecule has 8 nitrogen and oxygen atoms in total. The number of benzene rings is 1. The van der Waals surface area contributed by atoms with E-state index < -0.39 is 11.8 Å². The number of aryl methyl sites for hydroxylation is 2. The van der Waals surface area contributed by atoms with Crippen molar-refractivity contribution in [1.82, 2.24) is 15.8 Å². The van der Waals surface area contributed by atoms with Crippen LogP contribution in [0, 0.1) is 13.8 Å². The zero-order valence-corrected chi connectivity index (χ0v) is 17.3. The van der Waals surface area contributed by atoms with E-state index in [9.17, 15) is 14.4 Å². The molecule has 1 aromatic carbocycles. The van der Waals surface area contributed by atoms with Crippen LogP contribution in [0.4, 0.5) is 5.13 Å². The minimum atomic E-state index is -0.491. The predicted octanol–water partition coefficient (Wildman–Crippen LogP) is 2.02. The largest absolute Gasteiger partial charge is 0.378 e. The maximum Gasteiger partial charge on any atom is 0.289 e. The van der Waals surface area contributed by atoms with E-state index in [1.165, 1.54) is 11.3 Å². The van der Waals surface area contributed by atoms with Crippen LogP contribution >= 0.6 is 11.3 Å². The Balaban J connectivity index is 1.45. The Hall–Kier alpha value is -2.78. The molecule has 154 valence electrons. The van der Waals surface area contributed by atoms with E-state index in [0.29, 0.717) is 18.8 Å². The van der Waals surface area contributed by atoms with Gasteiger partial charge in [-0.25, -0.2) is 4.98 Å². The monoisotopic (exact) mass is 416 g/mol. The lowest BCUT2D eigenvalue weighted by Crippen LogP contribution is -2.42. The standard InChI is InChI=1S/C20H24N4O4S/c1-13-3-4-14(2)15(11-13)17(25)5-6-18(26)22-23-19(27)16-12-29-20(21-16)24-7-9-28-10-8-24/h3-4,11-12H,5-10H2,1-2H3,(H,22,26)(H,23,27). The van der Waals surface area contributed by atoms with Gasteiger partial charge >= 0.3 is 0 Å². The summed E-state index contributed by atoms with van der Waals surface area (Å²) in [6.45, 7) is 6.53. The number of carbonyl (C=O) groups excluding carboxylic acids is 3. The molecule has 3 rings (SSSR count). The molecule has 0 radical (unpaired) electrons. The summed E-state index contributed by atoms with van der Waals surface area (Å²) in [6.07, 6.45) is 0.0620. The highest BCUT2D eigenvalue weighted by molar-refractivity contribution is 7.13. The third-order valence-corrected chi connectivity index (χ3v) is 5.50. The van der Waals surface area contributed by atoms with E-state index in [4.69, 9.17) is 4.74 Å². The van der Waals surface area contributed by atoms with Crippen LogP contribution in [-0.2, 0) is 9.53 Å². The SMILES string of the molecule is Cc1ccc(C)c(C(=O)CCC(=O)NNC(=O)c2csc(N3CCOCC3)n2)c1. The maximum absolute atomic E-state index is 12.3. The number of carbonyl (C=O) groups is 3. The van der Waals surface area contributed by atoms with Crippen molar-refractivity contribution >= 4 is 34.1 Å². The molecule has 1 fully saturated rings. The van der Waals surface area contributed by atoms with Gasteiger partial charge in [0.25, 0.3) is 5.91 Å². The topological polar surface area (TPSA) is 101 Å². The first-order chi connectivity index (χ1) is 13.9. The summed E-state index contributed by atoms with van der Waals surface area (Å²) < 4.78 is 5.31. The fraction of sp³-hybridized carbons (Fsp3) is 0.400. The third kappa shape index (κ3) is 5.61. The number of nitrogens with one attached hydrogen (secondary N) is 2. The average Bonchev–Trinajstić information content (AvgIpc) is 3.23. The van der Waals surface area contributed by atoms with Gasteiger partial charge in [0.2, 0.25) is 5.91 Å². The number of morpholine rings is 1. The van der Waals surface area contributed by atoms with Crippen LogP contribution < -0.4 is 15.8 Å². The number of anilines is 1. The minimum Gasteiger partial charge on any atom is -0.378 e. The number of nitrogens with zero attached hydrogens (tertiary/aromatic N) is 2. The summed E-state index contributed by atoms with van der Waals surface area (Å²) in [4.78, 5) is 42.9. The van der Waals surface area contributed by atoms with Crippen molar-refractivity contribution in [3.05, 3.63) is 46.0 Å². The number of amides is 2. The van der Waals surface area contributed by atoms with Crippen LogP contribution in [0.1, 0.15) is 44.8 Å². The summed E-state index contributed by atoms with van der Waals surface area (Å²) in [7, 11) is 0. The van der Waals surface area contributed by atoms with Crippen LogP contribution in [0.2, 0.25) is 0 Å². The highest BCUT2D eigenvalue weighted by atomic mass is 32.1. The molecule has 0 spiro atoms. The summed E-state index contributed by atoms with van der Waals surface area (Å²) in [5, 5.41) is 2.40. The molecule has 9 heteroatoms. The Morgan fingerprint density at radius 1 is 1.14 bits per heavy atom. The molecule has 0 unspecified atom stereocenters. The number of Topliss-reactive ketones (excluding diaryl/α,β-unsaturated/α-hetero) is 1. The van der Waals surface area contributed by atoms with Gasteiger partial charge in [0, 0.05) is 36.9 Å².